The van der Waals surface area contributed by atoms with E-state index in [2.05, 4.69) is 15.5 Å². The predicted octanol–water partition coefficient (Wildman–Crippen LogP) is 1.44. The van der Waals surface area contributed by atoms with Gasteiger partial charge in [-0.3, -0.25) is 9.89 Å². The molecule has 0 aliphatic heterocycles. The van der Waals surface area contributed by atoms with Gasteiger partial charge >= 0.3 is 0 Å². The summed E-state index contributed by atoms with van der Waals surface area (Å²) in [7, 11) is 1.36. The molecule has 2 N–H and O–H groups in total. The highest BCUT2D eigenvalue weighted by atomic mass is 35.7. The molecule has 21 heavy (non-hydrogen) atoms. The van der Waals surface area contributed by atoms with Crippen LogP contribution in [0.15, 0.2) is 4.90 Å². The van der Waals surface area contributed by atoms with Crippen LogP contribution in [0.1, 0.15) is 43.4 Å². The van der Waals surface area contributed by atoms with Gasteiger partial charge in [-0.15, -0.1) is 0 Å². The van der Waals surface area contributed by atoms with Gasteiger partial charge in [-0.05, 0) is 20.3 Å². The highest BCUT2D eigenvalue weighted by Gasteiger charge is 2.28. The summed E-state index contributed by atoms with van der Waals surface area (Å²) in [5.41, 5.74) is 0.132. The molecule has 9 heteroatoms. The summed E-state index contributed by atoms with van der Waals surface area (Å²) < 4.78 is 28.6. The molecule has 1 amide bonds. The summed E-state index contributed by atoms with van der Waals surface area (Å²) >= 11 is 0. The van der Waals surface area contributed by atoms with Gasteiger partial charge in [-0.25, -0.2) is 8.42 Å². The number of aromatic nitrogens is 2. The van der Waals surface area contributed by atoms with E-state index in [0.29, 0.717) is 25.1 Å². The van der Waals surface area contributed by atoms with Gasteiger partial charge in [-0.2, -0.15) is 5.10 Å². The van der Waals surface area contributed by atoms with Crippen molar-refractivity contribution in [1.82, 2.24) is 15.5 Å². The van der Waals surface area contributed by atoms with Crippen molar-refractivity contribution < 1.29 is 17.9 Å². The molecular weight excluding hydrogens is 318 g/mol. The van der Waals surface area contributed by atoms with Gasteiger partial charge in [0.05, 0.1) is 11.8 Å². The Hall–Kier alpha value is -1.12. The predicted molar refractivity (Wildman–Crippen MR) is 79.0 cm³/mol. The molecule has 1 rings (SSSR count). The first-order valence-electron chi connectivity index (χ1n) is 6.72. The van der Waals surface area contributed by atoms with E-state index in [1.807, 2.05) is 13.8 Å². The Bertz CT molecular complexity index is 585. The Balaban J connectivity index is 2.94. The maximum Gasteiger partial charge on any atom is 0.273 e. The van der Waals surface area contributed by atoms with E-state index in [4.69, 9.17) is 15.4 Å². The lowest BCUT2D eigenvalue weighted by Gasteiger charge is -2.12. The normalized spacial score (nSPS) is 13.1. The average Bonchev–Trinajstić information content (AvgIpc) is 2.80. The van der Waals surface area contributed by atoms with Crippen LogP contribution >= 0.6 is 10.7 Å². The summed E-state index contributed by atoms with van der Waals surface area (Å²) in [6.07, 6.45) is 0.963. The van der Waals surface area contributed by atoms with Gasteiger partial charge in [0.15, 0.2) is 5.69 Å². The molecule has 120 valence electrons. The third kappa shape index (κ3) is 4.98. The number of amides is 1. The minimum atomic E-state index is -4.05. The number of H-pyrrole nitrogens is 1. The summed E-state index contributed by atoms with van der Waals surface area (Å²) in [4.78, 5) is 11.8. The second-order valence-corrected chi connectivity index (χ2v) is 7.05. The van der Waals surface area contributed by atoms with E-state index in [0.717, 1.165) is 0 Å². The molecule has 1 unspecified atom stereocenters. The van der Waals surface area contributed by atoms with Crippen LogP contribution in [0, 0.1) is 0 Å². The minimum Gasteiger partial charge on any atom is -0.377 e. The number of carbonyl (C=O) groups is 1. The fourth-order valence-corrected chi connectivity index (χ4v) is 3.18. The van der Waals surface area contributed by atoms with Gasteiger partial charge in [0, 0.05) is 23.8 Å². The molecule has 1 atom stereocenters. The summed E-state index contributed by atoms with van der Waals surface area (Å²) in [6.45, 7) is 6.32. The third-order valence-corrected chi connectivity index (χ3v) is 4.14. The molecule has 0 radical (unpaired) electrons. The van der Waals surface area contributed by atoms with Crippen molar-refractivity contribution in [2.24, 2.45) is 0 Å². The second kappa shape index (κ2) is 7.77. The van der Waals surface area contributed by atoms with Crippen molar-refractivity contribution >= 4 is 25.6 Å². The van der Waals surface area contributed by atoms with Crippen LogP contribution in [0.5, 0.6) is 0 Å². The van der Waals surface area contributed by atoms with Gasteiger partial charge in [0.1, 0.15) is 4.90 Å². The monoisotopic (exact) mass is 337 g/mol. The number of nitrogens with zero attached hydrogens (tertiary/aromatic N) is 1. The van der Waals surface area contributed by atoms with E-state index in [1.54, 1.807) is 6.92 Å². The third-order valence-electron chi connectivity index (χ3n) is 2.75. The first-order valence-corrected chi connectivity index (χ1v) is 9.03. The molecule has 0 bridgehead atoms. The van der Waals surface area contributed by atoms with Gasteiger partial charge < -0.3 is 10.1 Å². The quantitative estimate of drug-likeness (QED) is 0.699. The topological polar surface area (TPSA) is 101 Å². The van der Waals surface area contributed by atoms with Crippen LogP contribution in [-0.4, -0.2) is 43.8 Å². The van der Waals surface area contributed by atoms with Crippen LogP contribution in [-0.2, 0) is 20.2 Å². The van der Waals surface area contributed by atoms with Crippen molar-refractivity contribution in [1.29, 1.82) is 0 Å². The number of aryl methyl sites for hydroxylation is 1. The SMILES string of the molecule is CCCc1[nH]nc(C(=O)NCC(C)OCC)c1S(=O)(=O)Cl. The number of hydrogen-bond donors (Lipinski definition) is 2. The fraction of sp³-hybridized carbons (Fsp3) is 0.667. The number of ether oxygens (including phenoxy) is 1. The summed E-state index contributed by atoms with van der Waals surface area (Å²) in [6, 6.07) is 0. The molecule has 0 aliphatic carbocycles. The largest absolute Gasteiger partial charge is 0.377 e. The lowest BCUT2D eigenvalue weighted by Crippen LogP contribution is -2.33. The molecule has 0 aromatic carbocycles. The standard InChI is InChI=1S/C12H20ClN3O4S/c1-4-6-9-11(21(13,18)19)10(16-15-9)12(17)14-7-8(3)20-5-2/h8H,4-7H2,1-3H3,(H,14,17)(H,15,16). The fourth-order valence-electron chi connectivity index (χ4n) is 1.87. The highest BCUT2D eigenvalue weighted by Crippen LogP contribution is 2.23. The maximum atomic E-state index is 12.1. The number of hydrogen-bond acceptors (Lipinski definition) is 5. The molecule has 0 saturated heterocycles. The Kier molecular flexibility index (Phi) is 6.63. The molecule has 1 aromatic rings. The van der Waals surface area contributed by atoms with Gasteiger partial charge in [0.2, 0.25) is 0 Å². The molecule has 0 fully saturated rings. The molecule has 7 nitrogen and oxygen atoms in total. The first-order chi connectivity index (χ1) is 9.81. The van der Waals surface area contributed by atoms with Crippen molar-refractivity contribution in [2.75, 3.05) is 13.2 Å². The van der Waals surface area contributed by atoms with Gasteiger partial charge in [-0.1, -0.05) is 13.3 Å². The van der Waals surface area contributed by atoms with E-state index in [9.17, 15) is 13.2 Å². The van der Waals surface area contributed by atoms with Crippen molar-refractivity contribution in [2.45, 2.75) is 44.6 Å². The molecule has 0 spiro atoms. The summed E-state index contributed by atoms with van der Waals surface area (Å²) in [5.74, 6) is -0.598. The lowest BCUT2D eigenvalue weighted by atomic mass is 10.2. The first kappa shape index (κ1) is 17.9. The zero-order chi connectivity index (χ0) is 16.0. The van der Waals surface area contributed by atoms with Crippen LogP contribution in [0.3, 0.4) is 0 Å². The van der Waals surface area contributed by atoms with Crippen LogP contribution in [0.2, 0.25) is 0 Å². The number of rotatable bonds is 8. The zero-order valence-corrected chi connectivity index (χ0v) is 13.8. The molecule has 0 aliphatic rings. The number of aromatic amines is 1. The summed E-state index contributed by atoms with van der Waals surface area (Å²) in [5, 5.41) is 8.94. The average molecular weight is 338 g/mol. The molecular formula is C12H20ClN3O4S. The number of halogens is 1. The maximum absolute atomic E-state index is 12.1. The molecule has 0 saturated carbocycles. The van der Waals surface area contributed by atoms with Crippen LogP contribution in [0.25, 0.3) is 0 Å². The smallest absolute Gasteiger partial charge is 0.273 e. The highest BCUT2D eigenvalue weighted by molar-refractivity contribution is 8.13. The van der Waals surface area contributed by atoms with E-state index >= 15 is 0 Å². The Morgan fingerprint density at radius 3 is 2.67 bits per heavy atom. The number of nitrogens with one attached hydrogen (secondary N) is 2. The second-order valence-electron chi connectivity index (χ2n) is 4.54. The van der Waals surface area contributed by atoms with Crippen LogP contribution in [0.4, 0.5) is 0 Å². The molecule has 1 heterocycles. The van der Waals surface area contributed by atoms with Crippen LogP contribution < -0.4 is 5.32 Å². The van der Waals surface area contributed by atoms with Crippen molar-refractivity contribution in [3.8, 4) is 0 Å². The minimum absolute atomic E-state index is 0.177. The Morgan fingerprint density at radius 1 is 1.48 bits per heavy atom. The number of carbonyl (C=O) groups excluding carboxylic acids is 1. The van der Waals surface area contributed by atoms with E-state index in [-0.39, 0.29) is 23.2 Å². The zero-order valence-electron chi connectivity index (χ0n) is 12.3. The Labute approximate surface area is 128 Å². The van der Waals surface area contributed by atoms with E-state index < -0.39 is 15.0 Å². The van der Waals surface area contributed by atoms with Crippen molar-refractivity contribution in [3.05, 3.63) is 11.4 Å². The van der Waals surface area contributed by atoms with Crippen molar-refractivity contribution in [3.63, 3.8) is 0 Å². The lowest BCUT2D eigenvalue weighted by molar-refractivity contribution is 0.0692. The van der Waals surface area contributed by atoms with E-state index in [1.165, 1.54) is 0 Å². The Morgan fingerprint density at radius 2 is 2.14 bits per heavy atom. The molecule has 1 aromatic heterocycles. The van der Waals surface area contributed by atoms with Gasteiger partial charge in [0.25, 0.3) is 15.0 Å².